The van der Waals surface area contributed by atoms with Gasteiger partial charge in [0.2, 0.25) is 0 Å². The molecule has 1 heterocycles. The van der Waals surface area contributed by atoms with E-state index in [9.17, 15) is 18.0 Å². The molecule has 0 aliphatic heterocycles. The van der Waals surface area contributed by atoms with Gasteiger partial charge in [-0.2, -0.15) is 8.42 Å². The summed E-state index contributed by atoms with van der Waals surface area (Å²) in [5.74, 6) is 0.579. The predicted molar refractivity (Wildman–Crippen MR) is 156 cm³/mol. The number of rotatable bonds is 11. The van der Waals surface area contributed by atoms with E-state index in [1.54, 1.807) is 36.4 Å². The maximum absolute atomic E-state index is 13.7. The van der Waals surface area contributed by atoms with Crippen LogP contribution in [0.3, 0.4) is 0 Å². The Kier molecular flexibility index (Phi) is 8.06. The third kappa shape index (κ3) is 5.81. The van der Waals surface area contributed by atoms with Crippen molar-refractivity contribution in [2.24, 2.45) is 23.2 Å². The minimum absolute atomic E-state index is 0.0315. The summed E-state index contributed by atoms with van der Waals surface area (Å²) in [5.41, 5.74) is 0.688. The molecule has 40 heavy (non-hydrogen) atoms. The fourth-order valence-corrected chi connectivity index (χ4v) is 8.22. The van der Waals surface area contributed by atoms with Crippen LogP contribution in [0.25, 0.3) is 10.1 Å². The van der Waals surface area contributed by atoms with Gasteiger partial charge in [-0.15, -0.1) is 11.3 Å². The summed E-state index contributed by atoms with van der Waals surface area (Å²) in [6.45, 7) is 4.58. The third-order valence-electron chi connectivity index (χ3n) is 8.77. The monoisotopic (exact) mass is 581 g/mol. The molecular formula is C31H35NO6S2. The highest BCUT2D eigenvalue weighted by molar-refractivity contribution is 7.87. The van der Waals surface area contributed by atoms with Gasteiger partial charge in [-0.3, -0.25) is 9.59 Å². The van der Waals surface area contributed by atoms with Crippen molar-refractivity contribution in [2.45, 2.75) is 63.3 Å². The summed E-state index contributed by atoms with van der Waals surface area (Å²) >= 11 is 1.44. The maximum atomic E-state index is 13.7. The van der Waals surface area contributed by atoms with Crippen molar-refractivity contribution in [1.29, 1.82) is 0 Å². The lowest BCUT2D eigenvalue weighted by atomic mass is 9.44. The van der Waals surface area contributed by atoms with Crippen molar-refractivity contribution in [3.05, 3.63) is 71.6 Å². The molecule has 1 aromatic heterocycles. The van der Waals surface area contributed by atoms with Gasteiger partial charge in [0.05, 0.1) is 5.56 Å². The minimum atomic E-state index is -3.99. The van der Waals surface area contributed by atoms with Crippen LogP contribution in [0.1, 0.15) is 62.7 Å². The standard InChI is InChI=1S/C31H35NO6S2/c1-31(2)21-16-20(10-6-3-4-9-13-28(33)34)29(26(31)17-21)32-30(35)25-19-39-27-15-14-22(18-24(25)27)38-40(36,37)23-11-7-5-8-12-23/h3,5-8,11-12,14-15,18-21,26,29H,4,9-10,13,16-17H2,1-2H3,(H,32,35)(H,33,34)/b6-3-/t20-,21-,26-,29+/m1/s1. The van der Waals surface area contributed by atoms with Crippen LogP contribution in [-0.2, 0) is 14.9 Å². The van der Waals surface area contributed by atoms with E-state index in [-0.39, 0.29) is 34.4 Å². The first-order valence-corrected chi connectivity index (χ1v) is 16.0. The zero-order valence-corrected chi connectivity index (χ0v) is 24.3. The molecule has 7 nitrogen and oxygen atoms in total. The lowest BCUT2D eigenvalue weighted by Gasteiger charge is -2.62. The van der Waals surface area contributed by atoms with E-state index in [0.717, 1.165) is 30.4 Å². The Labute approximate surface area is 239 Å². The fraction of sp³-hybridized carbons (Fsp3) is 0.419. The first-order valence-electron chi connectivity index (χ1n) is 13.7. The van der Waals surface area contributed by atoms with Crippen LogP contribution in [0.15, 0.2) is 71.0 Å². The molecule has 212 valence electrons. The topological polar surface area (TPSA) is 110 Å². The molecular weight excluding hydrogens is 546 g/mol. The summed E-state index contributed by atoms with van der Waals surface area (Å²) in [4.78, 5) is 24.5. The fourth-order valence-electron chi connectivity index (χ4n) is 6.35. The van der Waals surface area contributed by atoms with E-state index >= 15 is 0 Å². The molecule has 4 atom stereocenters. The predicted octanol–water partition coefficient (Wildman–Crippen LogP) is 6.65. The van der Waals surface area contributed by atoms with E-state index in [0.29, 0.717) is 35.1 Å². The first-order chi connectivity index (χ1) is 19.1. The number of hydrogen-bond acceptors (Lipinski definition) is 6. The average molecular weight is 582 g/mol. The summed E-state index contributed by atoms with van der Waals surface area (Å²) < 4.78 is 31.8. The third-order valence-corrected chi connectivity index (χ3v) is 11.0. The van der Waals surface area contributed by atoms with Crippen LogP contribution >= 0.6 is 11.3 Å². The minimum Gasteiger partial charge on any atom is -0.481 e. The van der Waals surface area contributed by atoms with Gasteiger partial charge >= 0.3 is 16.1 Å². The first kappa shape index (κ1) is 28.4. The van der Waals surface area contributed by atoms with E-state index < -0.39 is 16.1 Å². The number of aliphatic carboxylic acids is 1. The van der Waals surface area contributed by atoms with Crippen LogP contribution < -0.4 is 9.50 Å². The normalized spacial score (nSPS) is 23.6. The molecule has 0 radical (unpaired) electrons. The maximum Gasteiger partial charge on any atom is 0.339 e. The van der Waals surface area contributed by atoms with Gasteiger partial charge in [0.1, 0.15) is 10.6 Å². The molecule has 3 saturated carbocycles. The Bertz CT molecular complexity index is 1530. The summed E-state index contributed by atoms with van der Waals surface area (Å²) in [7, 11) is -3.99. The molecule has 1 amide bonds. The lowest BCUT2D eigenvalue weighted by Crippen LogP contribution is -2.63. The number of carboxylic acid groups (broad SMARTS) is 1. The molecule has 3 fully saturated rings. The van der Waals surface area contributed by atoms with Crippen LogP contribution in [0, 0.1) is 23.2 Å². The zero-order valence-electron chi connectivity index (χ0n) is 22.7. The van der Waals surface area contributed by atoms with Crippen molar-refractivity contribution < 1.29 is 27.3 Å². The second kappa shape index (κ2) is 11.4. The number of benzene rings is 2. The molecule has 3 aliphatic rings. The second-order valence-corrected chi connectivity index (χ2v) is 14.0. The number of amides is 1. The van der Waals surface area contributed by atoms with Gasteiger partial charge in [0.25, 0.3) is 5.91 Å². The Morgan fingerprint density at radius 3 is 2.62 bits per heavy atom. The highest BCUT2D eigenvalue weighted by Crippen LogP contribution is 2.61. The number of carbonyl (C=O) groups excluding carboxylic acids is 1. The van der Waals surface area contributed by atoms with Crippen LogP contribution in [0.2, 0.25) is 0 Å². The highest BCUT2D eigenvalue weighted by Gasteiger charge is 2.57. The van der Waals surface area contributed by atoms with Crippen LogP contribution in [0.4, 0.5) is 0 Å². The van der Waals surface area contributed by atoms with Gasteiger partial charge in [-0.25, -0.2) is 0 Å². The quantitative estimate of drug-likeness (QED) is 0.149. The number of thiophene rings is 1. The summed E-state index contributed by atoms with van der Waals surface area (Å²) in [6, 6.07) is 13.0. The highest BCUT2D eigenvalue weighted by atomic mass is 32.2. The van der Waals surface area contributed by atoms with E-state index in [4.69, 9.17) is 9.29 Å². The van der Waals surface area contributed by atoms with Crippen molar-refractivity contribution in [2.75, 3.05) is 0 Å². The Morgan fingerprint density at radius 2 is 1.90 bits per heavy atom. The Hall–Kier alpha value is -3.17. The molecule has 2 bridgehead atoms. The number of allylic oxidation sites excluding steroid dienone is 2. The lowest BCUT2D eigenvalue weighted by molar-refractivity contribution is -0.137. The zero-order chi connectivity index (χ0) is 28.5. The second-order valence-electron chi connectivity index (χ2n) is 11.5. The van der Waals surface area contributed by atoms with Crippen molar-refractivity contribution in [3.63, 3.8) is 0 Å². The molecule has 3 aliphatic carbocycles. The molecule has 0 spiro atoms. The van der Waals surface area contributed by atoms with Gasteiger partial charge in [0, 0.05) is 27.9 Å². The Morgan fingerprint density at radius 1 is 1.12 bits per heavy atom. The number of carbonyl (C=O) groups is 2. The molecule has 2 N–H and O–H groups in total. The molecule has 0 unspecified atom stereocenters. The Balaban J connectivity index is 1.32. The molecule has 6 rings (SSSR count). The molecule has 2 aromatic carbocycles. The van der Waals surface area contributed by atoms with Gasteiger partial charge < -0.3 is 14.6 Å². The van der Waals surface area contributed by atoms with E-state index in [2.05, 4.69) is 31.3 Å². The number of nitrogens with one attached hydrogen (secondary N) is 1. The number of carboxylic acids is 1. The summed E-state index contributed by atoms with van der Waals surface area (Å²) in [5, 5.41) is 14.7. The largest absolute Gasteiger partial charge is 0.481 e. The smallest absolute Gasteiger partial charge is 0.339 e. The molecule has 9 heteroatoms. The number of fused-ring (bicyclic) bond motifs is 3. The van der Waals surface area contributed by atoms with Crippen LogP contribution in [-0.4, -0.2) is 31.4 Å². The number of unbranched alkanes of at least 4 members (excludes halogenated alkanes) is 1. The van der Waals surface area contributed by atoms with E-state index in [1.807, 2.05) is 5.38 Å². The van der Waals surface area contributed by atoms with Gasteiger partial charge in [0.15, 0.2) is 0 Å². The van der Waals surface area contributed by atoms with Crippen molar-refractivity contribution >= 4 is 43.4 Å². The van der Waals surface area contributed by atoms with Crippen molar-refractivity contribution in [3.8, 4) is 5.75 Å². The van der Waals surface area contributed by atoms with Gasteiger partial charge in [-0.05, 0) is 85.6 Å². The molecule has 3 aromatic rings. The van der Waals surface area contributed by atoms with E-state index in [1.165, 1.54) is 23.5 Å². The SMILES string of the molecule is CC1(C)[C@@H]2C[C@@H](C/C=C\CCCC(=O)O)[C@H](NC(=O)c3csc4ccc(OS(=O)(=O)c5ccccc5)cc34)[C@H]1C2. The average Bonchev–Trinajstić information content (AvgIpc) is 3.34. The molecule has 0 saturated heterocycles. The summed E-state index contributed by atoms with van der Waals surface area (Å²) in [6.07, 6.45) is 8.73. The van der Waals surface area contributed by atoms with Gasteiger partial charge in [-0.1, -0.05) is 44.2 Å². The van der Waals surface area contributed by atoms with Crippen LogP contribution in [0.5, 0.6) is 5.75 Å². The van der Waals surface area contributed by atoms with Crippen molar-refractivity contribution in [1.82, 2.24) is 5.32 Å². The number of hydrogen-bond donors (Lipinski definition) is 2.